The lowest BCUT2D eigenvalue weighted by atomic mass is 10.1. The van der Waals surface area contributed by atoms with Gasteiger partial charge in [-0.2, -0.15) is 0 Å². The van der Waals surface area contributed by atoms with Gasteiger partial charge < -0.3 is 14.8 Å². The number of hydrogen-bond acceptors (Lipinski definition) is 7. The normalized spacial score (nSPS) is 26.5. The van der Waals surface area contributed by atoms with E-state index in [4.69, 9.17) is 17.8 Å². The SMILES string of the molecule is [2H]C([2H])([2H])C([2H])([2H])N1C([2H])([2H])C([2H])([2H])N(Cc2ccc(Nc3ncc(F)c(-c4cc(F)c5nc(C)n(C(C)C)c5c4)n3)nc2)C([2H])([2H])C1([2H])[2H]. The zero-order chi connectivity index (χ0) is 37.6. The number of fused-ring (bicyclic) bond motifs is 1. The Hall–Kier alpha value is -3.50. The smallest absolute Gasteiger partial charge is 0.229 e. The van der Waals surface area contributed by atoms with Gasteiger partial charge >= 0.3 is 0 Å². The molecule has 0 amide bonds. The molecule has 1 aliphatic rings. The summed E-state index contributed by atoms with van der Waals surface area (Å²) >= 11 is 0. The van der Waals surface area contributed by atoms with Gasteiger partial charge in [0.15, 0.2) is 11.6 Å². The standard InChI is InChI=1S/C27H32F2N8/c1-5-35-8-10-36(11-9-35)16-19-6-7-24(30-14-19)33-27-31-15-22(29)25(34-27)20-12-21(28)26-23(13-20)37(17(2)3)18(4)32-26/h6-7,12-15,17H,5,8-11,16H2,1-4H3,(H,30,31,33,34)/i1D3,5D2,8D2,9D2,10D2,11D2. The molecule has 0 saturated carbocycles. The fourth-order valence-corrected chi connectivity index (χ4v) is 3.99. The second-order valence-corrected chi connectivity index (χ2v) is 8.50. The number of anilines is 2. The van der Waals surface area contributed by atoms with Crippen LogP contribution in [0.25, 0.3) is 22.3 Å². The Labute approximate surface area is 233 Å². The molecule has 194 valence electrons. The van der Waals surface area contributed by atoms with Gasteiger partial charge in [-0.1, -0.05) is 12.9 Å². The van der Waals surface area contributed by atoms with E-state index in [2.05, 4.69) is 25.3 Å². The Kier molecular flexibility index (Phi) is 3.93. The molecular formula is C27H32F2N8. The highest BCUT2D eigenvalue weighted by atomic mass is 19.1. The third-order valence-electron chi connectivity index (χ3n) is 5.57. The number of nitrogens with zero attached hydrogens (tertiary/aromatic N) is 7. The van der Waals surface area contributed by atoms with Crippen molar-refractivity contribution in [3.63, 3.8) is 0 Å². The van der Waals surface area contributed by atoms with Gasteiger partial charge in [0.05, 0.1) is 11.7 Å². The van der Waals surface area contributed by atoms with Crippen LogP contribution < -0.4 is 5.32 Å². The Morgan fingerprint density at radius 2 is 1.84 bits per heavy atom. The molecule has 4 heterocycles. The fraction of sp³-hybridized carbons (Fsp3) is 0.407. The van der Waals surface area contributed by atoms with Crippen LogP contribution in [0.1, 0.15) is 55.9 Å². The first-order valence-electron chi connectivity index (χ1n) is 17.8. The van der Waals surface area contributed by atoms with Crippen molar-refractivity contribution in [2.75, 3.05) is 37.8 Å². The van der Waals surface area contributed by atoms with Gasteiger partial charge in [-0.15, -0.1) is 0 Å². The number of halogens is 2. The summed E-state index contributed by atoms with van der Waals surface area (Å²) in [6, 6.07) is 5.27. The van der Waals surface area contributed by atoms with Gasteiger partial charge in [0.1, 0.15) is 22.9 Å². The van der Waals surface area contributed by atoms with Crippen LogP contribution in [0.5, 0.6) is 0 Å². The summed E-state index contributed by atoms with van der Waals surface area (Å²) in [5.41, 5.74) is 0.541. The van der Waals surface area contributed by atoms with Crippen molar-refractivity contribution in [2.24, 2.45) is 0 Å². The van der Waals surface area contributed by atoms with Crippen LogP contribution in [-0.2, 0) is 6.54 Å². The molecule has 0 unspecified atom stereocenters. The zero-order valence-corrected chi connectivity index (χ0v) is 20.1. The van der Waals surface area contributed by atoms with Crippen molar-refractivity contribution in [2.45, 2.75) is 40.2 Å². The first kappa shape index (κ1) is 13.9. The molecule has 0 radical (unpaired) electrons. The average molecular weight is 520 g/mol. The predicted molar refractivity (Wildman–Crippen MR) is 141 cm³/mol. The predicted octanol–water partition coefficient (Wildman–Crippen LogP) is 4.94. The van der Waals surface area contributed by atoms with Crippen LogP contribution in [0.4, 0.5) is 20.5 Å². The van der Waals surface area contributed by atoms with E-state index in [1.807, 2.05) is 13.8 Å². The molecule has 1 aliphatic heterocycles. The Balaban J connectivity index is 1.42. The van der Waals surface area contributed by atoms with Crippen molar-refractivity contribution in [3.8, 4) is 11.3 Å². The molecule has 10 heteroatoms. The minimum Gasteiger partial charge on any atom is -0.326 e. The fourth-order valence-electron chi connectivity index (χ4n) is 3.99. The molecule has 37 heavy (non-hydrogen) atoms. The van der Waals surface area contributed by atoms with Crippen LogP contribution in [-0.4, -0.2) is 66.8 Å². The molecule has 1 saturated heterocycles. The summed E-state index contributed by atoms with van der Waals surface area (Å²) in [5.74, 6) is -0.982. The van der Waals surface area contributed by atoms with Gasteiger partial charge in [0, 0.05) is 68.2 Å². The monoisotopic (exact) mass is 519 g/mol. The Bertz CT molecular complexity index is 1900. The van der Waals surface area contributed by atoms with Crippen LogP contribution >= 0.6 is 0 Å². The van der Waals surface area contributed by atoms with Crippen LogP contribution in [0.15, 0.2) is 36.7 Å². The van der Waals surface area contributed by atoms with Crippen molar-refractivity contribution < 1.29 is 26.6 Å². The summed E-state index contributed by atoms with van der Waals surface area (Å²) < 4.78 is 138. The average Bonchev–Trinajstić information content (AvgIpc) is 3.32. The second-order valence-electron chi connectivity index (χ2n) is 8.50. The number of imidazole rings is 1. The first-order chi connectivity index (χ1) is 22.8. The molecule has 3 aromatic heterocycles. The minimum absolute atomic E-state index is 0.0590. The van der Waals surface area contributed by atoms with Crippen molar-refractivity contribution in [1.29, 1.82) is 0 Å². The minimum atomic E-state index is -3.82. The summed E-state index contributed by atoms with van der Waals surface area (Å²) in [7, 11) is 0. The zero-order valence-electron chi connectivity index (χ0n) is 33.1. The lowest BCUT2D eigenvalue weighted by molar-refractivity contribution is 0.132. The number of benzene rings is 1. The van der Waals surface area contributed by atoms with E-state index < -0.39 is 62.4 Å². The number of nitrogens with one attached hydrogen (secondary N) is 1. The maximum absolute atomic E-state index is 15.1. The van der Waals surface area contributed by atoms with Gasteiger partial charge in [0.2, 0.25) is 5.95 Å². The third kappa shape index (κ3) is 5.30. The van der Waals surface area contributed by atoms with E-state index in [9.17, 15) is 4.39 Å². The Morgan fingerprint density at radius 3 is 2.54 bits per heavy atom. The highest BCUT2D eigenvalue weighted by Gasteiger charge is 2.19. The lowest BCUT2D eigenvalue weighted by Crippen LogP contribution is -2.45. The maximum Gasteiger partial charge on any atom is 0.229 e. The molecule has 0 atom stereocenters. The number of likely N-dealkylation sites (N-methyl/N-ethyl adjacent to an activating group) is 1. The van der Waals surface area contributed by atoms with E-state index in [1.165, 1.54) is 12.1 Å². The van der Waals surface area contributed by atoms with Crippen molar-refractivity contribution >= 4 is 22.8 Å². The summed E-state index contributed by atoms with van der Waals surface area (Å²) in [6.07, 6.45) is 2.02. The molecule has 0 spiro atoms. The molecule has 1 N–H and O–H groups in total. The number of aromatic nitrogens is 5. The number of rotatable bonds is 7. The van der Waals surface area contributed by atoms with Crippen LogP contribution in [0.2, 0.25) is 0 Å². The first-order valence-corrected chi connectivity index (χ1v) is 11.3. The summed E-state index contributed by atoms with van der Waals surface area (Å²) in [4.78, 5) is 16.2. The lowest BCUT2D eigenvalue weighted by Gasteiger charge is -2.33. The van der Waals surface area contributed by atoms with Gasteiger partial charge in [-0.25, -0.2) is 28.7 Å². The molecule has 1 aromatic carbocycles. The van der Waals surface area contributed by atoms with E-state index in [0.717, 1.165) is 18.5 Å². The molecule has 4 aromatic rings. The number of piperazine rings is 1. The second kappa shape index (κ2) is 10.5. The maximum atomic E-state index is 15.1. The molecular weight excluding hydrogens is 474 g/mol. The topological polar surface area (TPSA) is 75.0 Å². The molecule has 1 fully saturated rings. The highest BCUT2D eigenvalue weighted by molar-refractivity contribution is 5.83. The molecule has 8 nitrogen and oxygen atoms in total. The molecule has 0 bridgehead atoms. The van der Waals surface area contributed by atoms with Crippen molar-refractivity contribution in [3.05, 3.63) is 59.7 Å². The third-order valence-corrected chi connectivity index (χ3v) is 5.57. The quantitative estimate of drug-likeness (QED) is 0.371. The number of hydrogen-bond donors (Lipinski definition) is 1. The van der Waals surface area contributed by atoms with Gasteiger partial charge in [0.25, 0.3) is 0 Å². The number of aryl methyl sites for hydroxylation is 1. The van der Waals surface area contributed by atoms with Crippen LogP contribution in [0.3, 0.4) is 0 Å². The highest BCUT2D eigenvalue weighted by Crippen LogP contribution is 2.30. The molecule has 0 aliphatic carbocycles. The van der Waals surface area contributed by atoms with Crippen molar-refractivity contribution in [1.82, 2.24) is 34.3 Å². The van der Waals surface area contributed by atoms with E-state index in [0.29, 0.717) is 11.3 Å². The summed E-state index contributed by atoms with van der Waals surface area (Å²) in [5, 5.41) is 2.76. The van der Waals surface area contributed by atoms with E-state index in [-0.39, 0.29) is 45.0 Å². The van der Waals surface area contributed by atoms with Gasteiger partial charge in [-0.05, 0) is 51.0 Å². The largest absolute Gasteiger partial charge is 0.326 e. The van der Waals surface area contributed by atoms with E-state index in [1.54, 1.807) is 17.6 Å². The summed E-state index contributed by atoms with van der Waals surface area (Å²) in [6.45, 7) is -17.1. The molecule has 5 rings (SSSR count). The Morgan fingerprint density at radius 1 is 1.05 bits per heavy atom. The van der Waals surface area contributed by atoms with Crippen LogP contribution in [0, 0.1) is 18.6 Å². The van der Waals surface area contributed by atoms with E-state index >= 15 is 4.39 Å². The van der Waals surface area contributed by atoms with Gasteiger partial charge in [-0.3, -0.25) is 4.90 Å². The number of pyridine rings is 1.